The smallest absolute Gasteiger partial charge is 0.242 e. The zero-order valence-corrected chi connectivity index (χ0v) is 16.3. The van der Waals surface area contributed by atoms with E-state index in [1.807, 2.05) is 6.07 Å². The number of benzene rings is 2. The number of hydrogen-bond donors (Lipinski definition) is 1. The van der Waals surface area contributed by atoms with Crippen LogP contribution in [0.1, 0.15) is 40.5 Å². The van der Waals surface area contributed by atoms with Gasteiger partial charge >= 0.3 is 0 Å². The molecule has 29 heavy (non-hydrogen) atoms. The molecule has 0 bridgehead atoms. The maximum atomic E-state index is 12.6. The molecule has 1 N–H and O–H groups in total. The Morgan fingerprint density at radius 2 is 1.83 bits per heavy atom. The molecular formula is C22H24N6O. The highest BCUT2D eigenvalue weighted by Crippen LogP contribution is 2.30. The quantitative estimate of drug-likeness (QED) is 0.724. The van der Waals surface area contributed by atoms with Crippen molar-refractivity contribution in [1.82, 2.24) is 30.4 Å². The summed E-state index contributed by atoms with van der Waals surface area (Å²) in [5.41, 5.74) is 5.33. The zero-order valence-electron chi connectivity index (χ0n) is 16.3. The second-order valence-corrected chi connectivity index (χ2v) is 7.84. The van der Waals surface area contributed by atoms with Crippen LogP contribution in [0.4, 0.5) is 0 Å². The third-order valence-corrected chi connectivity index (χ3v) is 5.94. The topological polar surface area (TPSA) is 75.9 Å². The highest BCUT2D eigenvalue weighted by atomic mass is 16.2. The second kappa shape index (κ2) is 7.75. The van der Waals surface area contributed by atoms with Crippen molar-refractivity contribution < 1.29 is 4.79 Å². The van der Waals surface area contributed by atoms with Gasteiger partial charge in [-0.2, -0.15) is 0 Å². The fourth-order valence-corrected chi connectivity index (χ4v) is 4.43. The Morgan fingerprint density at radius 1 is 1.03 bits per heavy atom. The molecule has 3 aromatic rings. The molecule has 1 atom stereocenters. The molecule has 0 fully saturated rings. The Kier molecular flexibility index (Phi) is 4.81. The van der Waals surface area contributed by atoms with Crippen LogP contribution in [0.2, 0.25) is 0 Å². The molecule has 2 heterocycles. The van der Waals surface area contributed by atoms with Crippen molar-refractivity contribution in [3.63, 3.8) is 0 Å². The van der Waals surface area contributed by atoms with Crippen LogP contribution in [0.3, 0.4) is 0 Å². The number of amides is 1. The number of nitrogens with zero attached hydrogens (tertiary/aromatic N) is 5. The monoisotopic (exact) mass is 388 g/mol. The standard InChI is InChI=1S/C22H24N6O/c29-22(23-20-10-9-17-6-3-4-8-19(17)20)15-28-21(24-25-26-28)14-27-12-11-16-5-1-2-7-18(16)13-27/h1-8,20H,9-15H2,(H,23,29)/t20-/m1/s1. The fourth-order valence-electron chi connectivity index (χ4n) is 4.43. The van der Waals surface area contributed by atoms with Crippen LogP contribution in [-0.4, -0.2) is 37.6 Å². The summed E-state index contributed by atoms with van der Waals surface area (Å²) in [6, 6.07) is 16.9. The van der Waals surface area contributed by atoms with E-state index >= 15 is 0 Å². The van der Waals surface area contributed by atoms with Gasteiger partial charge in [0.2, 0.25) is 5.91 Å². The Hall–Kier alpha value is -3.06. The van der Waals surface area contributed by atoms with Crippen LogP contribution in [-0.2, 0) is 37.3 Å². The summed E-state index contributed by atoms with van der Waals surface area (Å²) in [5.74, 6) is 0.676. The van der Waals surface area contributed by atoms with E-state index < -0.39 is 0 Å². The molecule has 0 radical (unpaired) electrons. The van der Waals surface area contributed by atoms with Crippen LogP contribution < -0.4 is 5.32 Å². The van der Waals surface area contributed by atoms with Crippen molar-refractivity contribution in [1.29, 1.82) is 0 Å². The lowest BCUT2D eigenvalue weighted by atomic mass is 10.00. The van der Waals surface area contributed by atoms with Crippen LogP contribution in [0.15, 0.2) is 48.5 Å². The number of rotatable bonds is 5. The number of hydrogen-bond acceptors (Lipinski definition) is 5. The molecule has 1 aliphatic carbocycles. The minimum absolute atomic E-state index is 0.0516. The van der Waals surface area contributed by atoms with Gasteiger partial charge in [0.25, 0.3) is 0 Å². The third kappa shape index (κ3) is 3.78. The number of carbonyl (C=O) groups excluding carboxylic acids is 1. The van der Waals surface area contributed by atoms with Crippen LogP contribution in [0, 0.1) is 0 Å². The van der Waals surface area contributed by atoms with E-state index in [2.05, 4.69) is 68.2 Å². The Balaban J connectivity index is 1.22. The van der Waals surface area contributed by atoms with Crippen molar-refractivity contribution >= 4 is 5.91 Å². The van der Waals surface area contributed by atoms with Crippen LogP contribution >= 0.6 is 0 Å². The zero-order chi connectivity index (χ0) is 19.6. The summed E-state index contributed by atoms with van der Waals surface area (Å²) in [7, 11) is 0. The number of fused-ring (bicyclic) bond motifs is 2. The van der Waals surface area contributed by atoms with E-state index in [4.69, 9.17) is 0 Å². The highest BCUT2D eigenvalue weighted by molar-refractivity contribution is 5.76. The maximum absolute atomic E-state index is 12.6. The molecule has 1 amide bonds. The van der Waals surface area contributed by atoms with Gasteiger partial charge in [-0.1, -0.05) is 48.5 Å². The minimum atomic E-state index is -0.0516. The lowest BCUT2D eigenvalue weighted by molar-refractivity contribution is -0.122. The first-order valence-corrected chi connectivity index (χ1v) is 10.2. The fraction of sp³-hybridized carbons (Fsp3) is 0.364. The summed E-state index contributed by atoms with van der Waals surface area (Å²) >= 11 is 0. The summed E-state index contributed by atoms with van der Waals surface area (Å²) in [4.78, 5) is 15.0. The van der Waals surface area contributed by atoms with Crippen molar-refractivity contribution in [3.8, 4) is 0 Å². The number of tetrazole rings is 1. The van der Waals surface area contributed by atoms with Gasteiger partial charge in [-0.25, -0.2) is 4.68 Å². The third-order valence-electron chi connectivity index (χ3n) is 5.94. The lowest BCUT2D eigenvalue weighted by Gasteiger charge is -2.28. The summed E-state index contributed by atoms with van der Waals surface area (Å²) in [6.07, 6.45) is 2.98. The maximum Gasteiger partial charge on any atom is 0.242 e. The number of nitrogens with one attached hydrogen (secondary N) is 1. The number of carbonyl (C=O) groups is 1. The average molecular weight is 388 g/mol. The molecule has 0 spiro atoms. The van der Waals surface area contributed by atoms with E-state index in [0.717, 1.165) is 38.2 Å². The molecule has 0 saturated carbocycles. The van der Waals surface area contributed by atoms with Crippen LogP contribution in [0.5, 0.6) is 0 Å². The summed E-state index contributed by atoms with van der Waals surface area (Å²) < 4.78 is 1.62. The van der Waals surface area contributed by atoms with Gasteiger partial charge in [0.05, 0.1) is 12.6 Å². The van der Waals surface area contributed by atoms with Gasteiger partial charge in [-0.3, -0.25) is 9.69 Å². The van der Waals surface area contributed by atoms with Crippen LogP contribution in [0.25, 0.3) is 0 Å². The lowest BCUT2D eigenvalue weighted by Crippen LogP contribution is -2.34. The van der Waals surface area contributed by atoms with E-state index in [0.29, 0.717) is 6.54 Å². The molecule has 2 aliphatic rings. The van der Waals surface area contributed by atoms with Gasteiger partial charge in [-0.15, -0.1) is 5.10 Å². The SMILES string of the molecule is O=C(Cn1nnnc1CN1CCc2ccccc2C1)N[C@@H]1CCc2ccccc21. The van der Waals surface area contributed by atoms with Crippen molar-refractivity contribution in [2.45, 2.75) is 44.9 Å². The van der Waals surface area contributed by atoms with Crippen molar-refractivity contribution in [2.24, 2.45) is 0 Å². The number of aromatic nitrogens is 4. The highest BCUT2D eigenvalue weighted by Gasteiger charge is 2.24. The molecule has 5 rings (SSSR count). The van der Waals surface area contributed by atoms with Gasteiger partial charge in [0.1, 0.15) is 6.54 Å². The Morgan fingerprint density at radius 3 is 2.72 bits per heavy atom. The van der Waals surface area contributed by atoms with Crippen molar-refractivity contribution in [2.75, 3.05) is 6.54 Å². The molecule has 0 saturated heterocycles. The normalized spacial score (nSPS) is 18.3. The largest absolute Gasteiger partial charge is 0.348 e. The Labute approximate surface area is 169 Å². The van der Waals surface area contributed by atoms with E-state index in [1.54, 1.807) is 4.68 Å². The first-order valence-electron chi connectivity index (χ1n) is 10.2. The van der Waals surface area contributed by atoms with Gasteiger partial charge < -0.3 is 5.32 Å². The molecular weight excluding hydrogens is 364 g/mol. The number of aryl methyl sites for hydroxylation is 1. The molecule has 2 aromatic carbocycles. The molecule has 1 aromatic heterocycles. The first kappa shape index (κ1) is 18.0. The van der Waals surface area contributed by atoms with Gasteiger partial charge in [-0.05, 0) is 51.9 Å². The average Bonchev–Trinajstić information content (AvgIpc) is 3.35. The summed E-state index contributed by atoms with van der Waals surface area (Å²) in [6.45, 7) is 2.63. The second-order valence-electron chi connectivity index (χ2n) is 7.84. The predicted octanol–water partition coefficient (Wildman–Crippen LogP) is 2.04. The molecule has 148 valence electrons. The van der Waals surface area contributed by atoms with Crippen molar-refractivity contribution in [3.05, 3.63) is 76.6 Å². The van der Waals surface area contributed by atoms with Gasteiger partial charge in [0, 0.05) is 13.1 Å². The first-order chi connectivity index (χ1) is 14.3. The van der Waals surface area contributed by atoms with E-state index in [1.165, 1.54) is 22.3 Å². The molecule has 0 unspecified atom stereocenters. The van der Waals surface area contributed by atoms with E-state index in [9.17, 15) is 4.79 Å². The van der Waals surface area contributed by atoms with E-state index in [-0.39, 0.29) is 18.5 Å². The predicted molar refractivity (Wildman–Crippen MR) is 108 cm³/mol. The molecule has 1 aliphatic heterocycles. The van der Waals surface area contributed by atoms with Gasteiger partial charge in [0.15, 0.2) is 5.82 Å². The minimum Gasteiger partial charge on any atom is -0.348 e. The molecule has 7 nitrogen and oxygen atoms in total. The summed E-state index contributed by atoms with van der Waals surface area (Å²) in [5, 5.41) is 15.2. The Bertz CT molecular complexity index is 1030. The molecule has 7 heteroatoms.